The van der Waals surface area contributed by atoms with E-state index in [4.69, 9.17) is 5.11 Å². The van der Waals surface area contributed by atoms with Crippen LogP contribution in [0, 0.1) is 0 Å². The molecule has 7 heteroatoms. The summed E-state index contributed by atoms with van der Waals surface area (Å²) >= 11 is 0. The van der Waals surface area contributed by atoms with Crippen LogP contribution in [0.25, 0.3) is 0 Å². The molecule has 7 nitrogen and oxygen atoms in total. The summed E-state index contributed by atoms with van der Waals surface area (Å²) in [5.74, 6) is -0.973. The highest BCUT2D eigenvalue weighted by Crippen LogP contribution is 2.14. The monoisotopic (exact) mass is 210 g/mol. The van der Waals surface area contributed by atoms with Gasteiger partial charge in [-0.05, 0) is 0 Å². The third-order valence-electron chi connectivity index (χ3n) is 1.30. The number of carbonyl (C=O) groups is 2. The Hall–Kier alpha value is -2.18. The molecular weight excluding hydrogens is 200 g/mol. The van der Waals surface area contributed by atoms with Gasteiger partial charge in [0.05, 0.1) is 0 Å². The number of nitrogens with one attached hydrogen (secondary N) is 2. The quantitative estimate of drug-likeness (QED) is 0.642. The summed E-state index contributed by atoms with van der Waals surface area (Å²) in [6, 6.07) is 1.17. The van der Waals surface area contributed by atoms with Crippen molar-refractivity contribution in [2.45, 2.75) is 13.8 Å². The number of hydrogen-bond donors (Lipinski definition) is 3. The molecule has 3 N–H and O–H groups in total. The molecule has 0 aliphatic rings. The average molecular weight is 210 g/mol. The molecule has 1 aromatic rings. The lowest BCUT2D eigenvalue weighted by atomic mass is 10.5. The number of amides is 2. The highest BCUT2D eigenvalue weighted by molar-refractivity contribution is 5.89. The maximum atomic E-state index is 10.7. The second-order valence-electron chi connectivity index (χ2n) is 2.80. The maximum Gasteiger partial charge on any atom is 0.234 e. The molecule has 0 aliphatic heterocycles. The van der Waals surface area contributed by atoms with Crippen LogP contribution in [-0.4, -0.2) is 26.9 Å². The molecule has 0 aliphatic carbocycles. The van der Waals surface area contributed by atoms with E-state index in [1.165, 1.54) is 19.9 Å². The zero-order valence-corrected chi connectivity index (χ0v) is 8.24. The Balaban J connectivity index is 2.94. The van der Waals surface area contributed by atoms with Crippen LogP contribution in [0.3, 0.4) is 0 Å². The van der Waals surface area contributed by atoms with E-state index in [0.717, 1.165) is 0 Å². The molecule has 1 aromatic heterocycles. The smallest absolute Gasteiger partial charge is 0.234 e. The zero-order valence-electron chi connectivity index (χ0n) is 8.24. The van der Waals surface area contributed by atoms with Crippen molar-refractivity contribution in [2.24, 2.45) is 0 Å². The van der Waals surface area contributed by atoms with Gasteiger partial charge in [-0.3, -0.25) is 14.9 Å². The van der Waals surface area contributed by atoms with Gasteiger partial charge in [-0.2, -0.15) is 9.97 Å². The molecule has 15 heavy (non-hydrogen) atoms. The molecule has 1 rings (SSSR count). The van der Waals surface area contributed by atoms with Gasteiger partial charge in [0.2, 0.25) is 23.6 Å². The SMILES string of the molecule is CC(=O)Nc1cc(O)nc(NC(C)=O)n1. The summed E-state index contributed by atoms with van der Waals surface area (Å²) in [4.78, 5) is 28.7. The fourth-order valence-electron chi connectivity index (χ4n) is 0.892. The largest absolute Gasteiger partial charge is 0.493 e. The minimum Gasteiger partial charge on any atom is -0.493 e. The second-order valence-corrected chi connectivity index (χ2v) is 2.80. The van der Waals surface area contributed by atoms with Gasteiger partial charge in [-0.25, -0.2) is 0 Å². The van der Waals surface area contributed by atoms with E-state index in [1.54, 1.807) is 0 Å². The van der Waals surface area contributed by atoms with Gasteiger partial charge in [0.1, 0.15) is 5.82 Å². The average Bonchev–Trinajstić information content (AvgIpc) is 1.98. The number of anilines is 2. The predicted molar refractivity (Wildman–Crippen MR) is 52.3 cm³/mol. The summed E-state index contributed by atoms with van der Waals surface area (Å²) < 4.78 is 0. The molecular formula is C8H10N4O3. The van der Waals surface area contributed by atoms with Crippen LogP contribution in [0.4, 0.5) is 11.8 Å². The van der Waals surface area contributed by atoms with Crippen LogP contribution in [0.5, 0.6) is 5.88 Å². The molecule has 0 saturated heterocycles. The molecule has 80 valence electrons. The summed E-state index contributed by atoms with van der Waals surface area (Å²) in [6.07, 6.45) is 0. The second kappa shape index (κ2) is 4.36. The number of nitrogens with zero attached hydrogens (tertiary/aromatic N) is 2. The van der Waals surface area contributed by atoms with Crippen molar-refractivity contribution < 1.29 is 14.7 Å². The highest BCUT2D eigenvalue weighted by Gasteiger charge is 2.05. The van der Waals surface area contributed by atoms with E-state index in [1.807, 2.05) is 0 Å². The van der Waals surface area contributed by atoms with Gasteiger partial charge in [0.25, 0.3) is 0 Å². The minimum absolute atomic E-state index is 0.0637. The highest BCUT2D eigenvalue weighted by atomic mass is 16.3. The lowest BCUT2D eigenvalue weighted by Gasteiger charge is -2.04. The first-order valence-corrected chi connectivity index (χ1v) is 4.10. The molecule has 2 amide bonds. The van der Waals surface area contributed by atoms with E-state index in [-0.39, 0.29) is 29.5 Å². The van der Waals surface area contributed by atoms with Crippen LogP contribution >= 0.6 is 0 Å². The van der Waals surface area contributed by atoms with Gasteiger partial charge in [0.15, 0.2) is 0 Å². The van der Waals surface area contributed by atoms with Gasteiger partial charge in [0, 0.05) is 19.9 Å². The lowest BCUT2D eigenvalue weighted by molar-refractivity contribution is -0.115. The Morgan fingerprint density at radius 3 is 2.33 bits per heavy atom. The van der Waals surface area contributed by atoms with E-state index >= 15 is 0 Å². The fourth-order valence-corrected chi connectivity index (χ4v) is 0.892. The molecule has 0 fully saturated rings. The molecule has 0 saturated carbocycles. The number of carbonyl (C=O) groups excluding carboxylic acids is 2. The number of hydrogen-bond acceptors (Lipinski definition) is 5. The van der Waals surface area contributed by atoms with Crippen molar-refractivity contribution >= 4 is 23.6 Å². The van der Waals surface area contributed by atoms with Crippen molar-refractivity contribution in [3.05, 3.63) is 6.07 Å². The topological polar surface area (TPSA) is 104 Å². The van der Waals surface area contributed by atoms with Gasteiger partial charge >= 0.3 is 0 Å². The van der Waals surface area contributed by atoms with Crippen LogP contribution in [-0.2, 0) is 9.59 Å². The number of aromatic nitrogens is 2. The molecule has 0 aromatic carbocycles. The Bertz CT molecular complexity index is 371. The Morgan fingerprint density at radius 1 is 1.20 bits per heavy atom. The third-order valence-corrected chi connectivity index (χ3v) is 1.30. The Kier molecular flexibility index (Phi) is 3.17. The predicted octanol–water partition coefficient (Wildman–Crippen LogP) is 0.0990. The normalized spacial score (nSPS) is 9.47. The first-order valence-electron chi connectivity index (χ1n) is 4.10. The van der Waals surface area contributed by atoms with Crippen molar-refractivity contribution in [1.82, 2.24) is 9.97 Å². The fraction of sp³-hybridized carbons (Fsp3) is 0.250. The summed E-state index contributed by atoms with van der Waals surface area (Å²) in [5.41, 5.74) is 0. The minimum atomic E-state index is -0.366. The Morgan fingerprint density at radius 2 is 1.80 bits per heavy atom. The van der Waals surface area contributed by atoms with Crippen molar-refractivity contribution in [3.8, 4) is 5.88 Å². The van der Waals surface area contributed by atoms with Crippen LogP contribution in [0.15, 0.2) is 6.07 Å². The van der Waals surface area contributed by atoms with Crippen molar-refractivity contribution in [2.75, 3.05) is 10.6 Å². The molecule has 1 heterocycles. The third kappa shape index (κ3) is 3.59. The van der Waals surface area contributed by atoms with E-state index in [9.17, 15) is 9.59 Å². The van der Waals surface area contributed by atoms with E-state index in [2.05, 4.69) is 20.6 Å². The van der Waals surface area contributed by atoms with Crippen LogP contribution in [0.2, 0.25) is 0 Å². The van der Waals surface area contributed by atoms with Gasteiger partial charge in [-0.15, -0.1) is 0 Å². The zero-order chi connectivity index (χ0) is 11.4. The van der Waals surface area contributed by atoms with Crippen LogP contribution in [0.1, 0.15) is 13.8 Å². The number of aromatic hydroxyl groups is 1. The molecule has 0 atom stereocenters. The maximum absolute atomic E-state index is 10.7. The molecule has 0 radical (unpaired) electrons. The standard InChI is InChI=1S/C8H10N4O3/c1-4(13)9-6-3-7(15)12-8(11-6)10-5(2)14/h3H,1-2H3,(H3,9,10,11,12,13,14,15). The first kappa shape index (κ1) is 10.9. The number of rotatable bonds is 2. The summed E-state index contributed by atoms with van der Waals surface area (Å²) in [7, 11) is 0. The van der Waals surface area contributed by atoms with E-state index < -0.39 is 0 Å². The molecule has 0 unspecified atom stereocenters. The van der Waals surface area contributed by atoms with Crippen LogP contribution < -0.4 is 10.6 Å². The van der Waals surface area contributed by atoms with Crippen molar-refractivity contribution in [1.29, 1.82) is 0 Å². The molecule has 0 spiro atoms. The van der Waals surface area contributed by atoms with E-state index in [0.29, 0.717) is 0 Å². The van der Waals surface area contributed by atoms with Gasteiger partial charge < -0.3 is 10.4 Å². The van der Waals surface area contributed by atoms with Crippen molar-refractivity contribution in [3.63, 3.8) is 0 Å². The molecule has 0 bridgehead atoms. The Labute approximate surface area is 85.5 Å². The summed E-state index contributed by atoms with van der Waals surface area (Å²) in [5, 5.41) is 13.8. The lowest BCUT2D eigenvalue weighted by Crippen LogP contribution is -2.12. The summed E-state index contributed by atoms with van der Waals surface area (Å²) in [6.45, 7) is 2.59. The first-order chi connectivity index (χ1) is 6.97. The van der Waals surface area contributed by atoms with Gasteiger partial charge in [-0.1, -0.05) is 0 Å².